The summed E-state index contributed by atoms with van der Waals surface area (Å²) in [6, 6.07) is 14.7. The monoisotopic (exact) mass is 640 g/mol. The Kier molecular flexibility index (Phi) is 9.28. The molecule has 0 saturated heterocycles. The van der Waals surface area contributed by atoms with Crippen LogP contribution < -0.4 is 10.1 Å². The van der Waals surface area contributed by atoms with Crippen molar-refractivity contribution in [1.82, 2.24) is 14.2 Å². The number of hydrogen-bond donors (Lipinski definition) is 2. The number of aromatic nitrogens is 1. The van der Waals surface area contributed by atoms with E-state index in [-0.39, 0.29) is 52.7 Å². The normalized spacial score (nSPS) is 18.0. The van der Waals surface area contributed by atoms with Crippen molar-refractivity contribution < 1.29 is 27.9 Å². The number of thiazole rings is 1. The molecule has 0 bridgehead atoms. The maximum atomic E-state index is 13.7. The number of nitrogens with zero attached hydrogens (tertiary/aromatic N) is 3. The second-order valence-electron chi connectivity index (χ2n) is 10.4. The van der Waals surface area contributed by atoms with Crippen LogP contribution in [0.1, 0.15) is 34.6 Å². The SMILES string of the molecule is C[C@@H]1CN([C@@H](C)CO)C(=O)c2cccc(NC(=O)c3ccc(-c4nccs4)cc3)c2O[C@@H]1CN(C)S(=O)(=O)c1cccs1. The lowest BCUT2D eigenvalue weighted by Gasteiger charge is -2.38. The van der Waals surface area contributed by atoms with E-state index in [1.54, 1.807) is 65.9 Å². The maximum absolute atomic E-state index is 13.7. The first-order valence-corrected chi connectivity index (χ1v) is 16.8. The van der Waals surface area contributed by atoms with E-state index >= 15 is 0 Å². The van der Waals surface area contributed by atoms with Gasteiger partial charge < -0.3 is 20.1 Å². The summed E-state index contributed by atoms with van der Waals surface area (Å²) < 4.78 is 34.4. The zero-order valence-corrected chi connectivity index (χ0v) is 26.3. The van der Waals surface area contributed by atoms with E-state index in [4.69, 9.17) is 4.74 Å². The molecule has 13 heteroatoms. The molecule has 43 heavy (non-hydrogen) atoms. The van der Waals surface area contributed by atoms with Gasteiger partial charge in [-0.1, -0.05) is 31.2 Å². The minimum atomic E-state index is -3.77. The maximum Gasteiger partial charge on any atom is 0.258 e. The molecular weight excluding hydrogens is 609 g/mol. The van der Waals surface area contributed by atoms with E-state index in [0.717, 1.165) is 21.9 Å². The number of benzene rings is 2. The van der Waals surface area contributed by atoms with Gasteiger partial charge in [-0.15, -0.1) is 22.7 Å². The number of amides is 2. The minimum absolute atomic E-state index is 0.00310. The lowest BCUT2D eigenvalue weighted by atomic mass is 9.99. The Hall–Kier alpha value is -3.62. The van der Waals surface area contributed by atoms with Crippen LogP contribution >= 0.6 is 22.7 Å². The molecule has 4 aromatic rings. The molecule has 1 aliphatic heterocycles. The highest BCUT2D eigenvalue weighted by molar-refractivity contribution is 7.91. The van der Waals surface area contributed by atoms with Gasteiger partial charge in [-0.25, -0.2) is 13.4 Å². The first-order valence-electron chi connectivity index (χ1n) is 13.6. The standard InChI is InChI=1S/C30H32N4O6S3/c1-19-16-34(20(2)18-35)30(37)23-6-4-7-24(32-28(36)21-9-11-22(12-10-21)29-31-13-15-42-29)27(23)40-25(19)17-33(3)43(38,39)26-8-5-14-41-26/h4-15,19-20,25,35H,16-18H2,1-3H3,(H,32,36)/t19-,20+,25-/m1/s1. The number of aliphatic hydroxyl groups is 1. The molecule has 10 nitrogen and oxygen atoms in total. The average molecular weight is 641 g/mol. The second kappa shape index (κ2) is 12.9. The van der Waals surface area contributed by atoms with Crippen molar-refractivity contribution in [1.29, 1.82) is 0 Å². The van der Waals surface area contributed by atoms with E-state index in [9.17, 15) is 23.1 Å². The molecule has 0 unspecified atom stereocenters. The molecule has 226 valence electrons. The first-order chi connectivity index (χ1) is 20.6. The summed E-state index contributed by atoms with van der Waals surface area (Å²) in [6.45, 7) is 3.60. The molecule has 0 spiro atoms. The minimum Gasteiger partial charge on any atom is -0.486 e. The Morgan fingerprint density at radius 1 is 1.16 bits per heavy atom. The number of carbonyl (C=O) groups excluding carboxylic acids is 2. The lowest BCUT2D eigenvalue weighted by Crippen LogP contribution is -2.50. The van der Waals surface area contributed by atoms with Crippen molar-refractivity contribution in [3.05, 3.63) is 82.7 Å². The van der Waals surface area contributed by atoms with Crippen molar-refractivity contribution in [3.8, 4) is 16.3 Å². The smallest absolute Gasteiger partial charge is 0.258 e. The number of anilines is 1. The van der Waals surface area contributed by atoms with Crippen LogP contribution in [0.15, 0.2) is 75.8 Å². The molecule has 0 radical (unpaired) electrons. The van der Waals surface area contributed by atoms with Gasteiger partial charge in [0.25, 0.3) is 21.8 Å². The molecule has 0 saturated carbocycles. The van der Waals surface area contributed by atoms with Crippen LogP contribution in [0.2, 0.25) is 0 Å². The van der Waals surface area contributed by atoms with Gasteiger partial charge in [-0.3, -0.25) is 9.59 Å². The molecule has 2 amide bonds. The number of para-hydroxylation sites is 1. The highest BCUT2D eigenvalue weighted by Gasteiger charge is 2.36. The van der Waals surface area contributed by atoms with Crippen LogP contribution in [-0.4, -0.2) is 78.4 Å². The summed E-state index contributed by atoms with van der Waals surface area (Å²) >= 11 is 2.63. The molecule has 1 aliphatic rings. The van der Waals surface area contributed by atoms with Crippen molar-refractivity contribution >= 4 is 50.2 Å². The number of carbonyl (C=O) groups is 2. The molecule has 2 N–H and O–H groups in total. The molecule has 0 fully saturated rings. The number of aliphatic hydroxyl groups excluding tert-OH is 1. The summed E-state index contributed by atoms with van der Waals surface area (Å²) in [4.78, 5) is 33.0. The van der Waals surface area contributed by atoms with Gasteiger partial charge in [0.15, 0.2) is 5.75 Å². The van der Waals surface area contributed by atoms with Crippen molar-refractivity contribution in [3.63, 3.8) is 0 Å². The number of thiophene rings is 1. The average Bonchev–Trinajstić information content (AvgIpc) is 3.74. The van der Waals surface area contributed by atoms with E-state index in [1.165, 1.54) is 22.7 Å². The zero-order valence-electron chi connectivity index (χ0n) is 23.8. The largest absolute Gasteiger partial charge is 0.486 e. The molecule has 0 aliphatic carbocycles. The third kappa shape index (κ3) is 6.50. The molecule has 3 atom stereocenters. The van der Waals surface area contributed by atoms with E-state index in [2.05, 4.69) is 10.3 Å². The topological polar surface area (TPSA) is 129 Å². The van der Waals surface area contributed by atoms with E-state index < -0.39 is 28.1 Å². The number of fused-ring (bicyclic) bond motifs is 1. The number of sulfonamides is 1. The molecule has 5 rings (SSSR count). The molecule has 2 aromatic carbocycles. The highest BCUT2D eigenvalue weighted by atomic mass is 32.2. The molecule has 2 aromatic heterocycles. The van der Waals surface area contributed by atoms with Crippen molar-refractivity contribution in [2.75, 3.05) is 32.1 Å². The quantitative estimate of drug-likeness (QED) is 0.272. The van der Waals surface area contributed by atoms with Crippen molar-refractivity contribution in [2.45, 2.75) is 30.2 Å². The van der Waals surface area contributed by atoms with Crippen LogP contribution in [0.5, 0.6) is 5.75 Å². The van der Waals surface area contributed by atoms with E-state index in [0.29, 0.717) is 5.56 Å². The number of hydrogen-bond acceptors (Lipinski definition) is 9. The Labute approximate surface area is 258 Å². The third-order valence-electron chi connectivity index (χ3n) is 7.36. The third-order valence-corrected chi connectivity index (χ3v) is 11.4. The lowest BCUT2D eigenvalue weighted by molar-refractivity contribution is 0.0388. The number of rotatable bonds is 9. The predicted molar refractivity (Wildman–Crippen MR) is 167 cm³/mol. The van der Waals surface area contributed by atoms with Gasteiger partial charge in [0.2, 0.25) is 0 Å². The van der Waals surface area contributed by atoms with Gasteiger partial charge in [-0.05, 0) is 42.6 Å². The summed E-state index contributed by atoms with van der Waals surface area (Å²) in [5.41, 5.74) is 1.77. The van der Waals surface area contributed by atoms with Gasteiger partial charge >= 0.3 is 0 Å². The molecular formula is C30H32N4O6S3. The fourth-order valence-corrected chi connectivity index (χ4v) is 7.83. The van der Waals surface area contributed by atoms with Gasteiger partial charge in [0, 0.05) is 42.2 Å². The first kappa shape index (κ1) is 30.8. The van der Waals surface area contributed by atoms with Crippen LogP contribution in [0.3, 0.4) is 0 Å². The fraction of sp³-hybridized carbons (Fsp3) is 0.300. The fourth-order valence-electron chi connectivity index (χ4n) is 4.80. The van der Waals surface area contributed by atoms with E-state index in [1.807, 2.05) is 24.4 Å². The highest BCUT2D eigenvalue weighted by Crippen LogP contribution is 2.36. The summed E-state index contributed by atoms with van der Waals surface area (Å²) in [6.07, 6.45) is 1.03. The Bertz CT molecular complexity index is 1680. The summed E-state index contributed by atoms with van der Waals surface area (Å²) in [5.74, 6) is -0.937. The van der Waals surface area contributed by atoms with Crippen LogP contribution in [-0.2, 0) is 10.0 Å². The zero-order chi connectivity index (χ0) is 30.7. The van der Waals surface area contributed by atoms with Crippen LogP contribution in [0.4, 0.5) is 5.69 Å². The summed E-state index contributed by atoms with van der Waals surface area (Å²) in [7, 11) is -2.28. The Morgan fingerprint density at radius 2 is 1.93 bits per heavy atom. The van der Waals surface area contributed by atoms with Crippen LogP contribution in [0, 0.1) is 5.92 Å². The number of nitrogens with one attached hydrogen (secondary N) is 1. The Morgan fingerprint density at radius 3 is 2.58 bits per heavy atom. The summed E-state index contributed by atoms with van der Waals surface area (Å²) in [5, 5.41) is 17.2. The van der Waals surface area contributed by atoms with Crippen LogP contribution in [0.25, 0.3) is 10.6 Å². The van der Waals surface area contributed by atoms with Gasteiger partial charge in [0.05, 0.1) is 30.4 Å². The molecule has 3 heterocycles. The van der Waals surface area contributed by atoms with Gasteiger partial charge in [-0.2, -0.15) is 4.31 Å². The predicted octanol–water partition coefficient (Wildman–Crippen LogP) is 4.66. The van der Waals surface area contributed by atoms with Gasteiger partial charge in [0.1, 0.15) is 15.3 Å². The Balaban J connectivity index is 1.47. The number of likely N-dealkylation sites (N-methyl/N-ethyl adjacent to an activating group) is 1. The van der Waals surface area contributed by atoms with Crippen molar-refractivity contribution in [2.24, 2.45) is 5.92 Å². The number of ether oxygens (including phenoxy) is 1. The second-order valence-corrected chi connectivity index (χ2v) is 14.5.